The predicted molar refractivity (Wildman–Crippen MR) is 127 cm³/mol. The lowest BCUT2D eigenvalue weighted by Crippen LogP contribution is -1.94. The lowest BCUT2D eigenvalue weighted by atomic mass is 9.93. The lowest BCUT2D eigenvalue weighted by Gasteiger charge is -2.13. The lowest BCUT2D eigenvalue weighted by molar-refractivity contribution is 0.563. The Hall–Kier alpha value is -1.04. The second-order valence-electron chi connectivity index (χ2n) is 8.97. The van der Waals surface area contributed by atoms with Gasteiger partial charge in [0, 0.05) is 0 Å². The number of hydrogen-bond donors (Lipinski definition) is 0. The molecule has 0 nitrogen and oxygen atoms in total. The Balaban J connectivity index is 2.04. The van der Waals surface area contributed by atoms with Crippen LogP contribution in [0.4, 0.5) is 0 Å². The van der Waals surface area contributed by atoms with Gasteiger partial charge in [0.2, 0.25) is 0 Å². The normalized spacial score (nSPS) is 29.1. The summed E-state index contributed by atoms with van der Waals surface area (Å²) in [4.78, 5) is 0. The molecule has 2 aliphatic carbocycles. The van der Waals surface area contributed by atoms with Crippen molar-refractivity contribution in [1.82, 2.24) is 0 Å². The molecule has 0 bridgehead atoms. The van der Waals surface area contributed by atoms with Crippen LogP contribution in [0.5, 0.6) is 0 Å². The Kier molecular flexibility index (Phi) is 14.0. The summed E-state index contributed by atoms with van der Waals surface area (Å²) in [7, 11) is 0. The quantitative estimate of drug-likeness (QED) is 0.423. The molecule has 0 atom stereocenters. The Morgan fingerprint density at radius 2 is 0.679 bits per heavy atom. The molecule has 158 valence electrons. The third kappa shape index (κ3) is 11.7. The fourth-order valence-electron chi connectivity index (χ4n) is 4.54. The summed E-state index contributed by atoms with van der Waals surface area (Å²) in [6, 6.07) is 0. The molecular weight excluding hydrogens is 336 g/mol. The summed E-state index contributed by atoms with van der Waals surface area (Å²) < 4.78 is 0. The summed E-state index contributed by atoms with van der Waals surface area (Å²) in [5.74, 6) is 0. The molecule has 0 radical (unpaired) electrons. The van der Waals surface area contributed by atoms with Crippen molar-refractivity contribution >= 4 is 0 Å². The Bertz CT molecular complexity index is 442. The van der Waals surface area contributed by atoms with Crippen LogP contribution in [-0.2, 0) is 0 Å². The standard InChI is InChI=1S/C28H46/c1-3-7-11-15-19-23-27(24-20-16-12-8-4-1)28-25-21-17-13-9-5-2-6-10-14-18-22-26-28/h15,17,19,21,23,25H,1-14,16,18,20,22,24,26H2/b19-15-,21-17-,27-23+,28-25+. The van der Waals surface area contributed by atoms with Crippen molar-refractivity contribution in [2.24, 2.45) is 0 Å². The first-order chi connectivity index (χ1) is 14.0. The van der Waals surface area contributed by atoms with Crippen molar-refractivity contribution in [3.63, 3.8) is 0 Å². The van der Waals surface area contributed by atoms with Gasteiger partial charge in [-0.15, -0.1) is 0 Å². The number of hydrogen-bond acceptors (Lipinski definition) is 0. The zero-order chi connectivity index (χ0) is 19.5. The van der Waals surface area contributed by atoms with Gasteiger partial charge in [0.15, 0.2) is 0 Å². The van der Waals surface area contributed by atoms with Gasteiger partial charge in [-0.25, -0.2) is 0 Å². The highest BCUT2D eigenvalue weighted by molar-refractivity contribution is 5.36. The van der Waals surface area contributed by atoms with E-state index in [0.717, 1.165) is 0 Å². The van der Waals surface area contributed by atoms with Gasteiger partial charge in [-0.05, 0) is 62.5 Å². The first-order valence-corrected chi connectivity index (χ1v) is 12.7. The van der Waals surface area contributed by atoms with Gasteiger partial charge in [-0.1, -0.05) is 114 Å². The molecule has 0 unspecified atom stereocenters. The SMILES string of the molecule is C1=C/CCCCCCCCCCC(/C2=C/C=C\CCCCCCCCCC2)=C\1. The molecule has 0 fully saturated rings. The third-order valence-electron chi connectivity index (χ3n) is 6.41. The molecule has 0 aromatic carbocycles. The van der Waals surface area contributed by atoms with Gasteiger partial charge in [0.1, 0.15) is 0 Å². The van der Waals surface area contributed by atoms with E-state index in [9.17, 15) is 0 Å². The minimum atomic E-state index is 1.25. The Morgan fingerprint density at radius 3 is 1.07 bits per heavy atom. The summed E-state index contributed by atoms with van der Waals surface area (Å²) in [5.41, 5.74) is 3.23. The topological polar surface area (TPSA) is 0 Å². The highest BCUT2D eigenvalue weighted by Gasteiger charge is 2.06. The van der Waals surface area contributed by atoms with Crippen molar-refractivity contribution in [3.8, 4) is 0 Å². The predicted octanol–water partition coefficient (Wildman–Crippen LogP) is 9.78. The molecule has 0 N–H and O–H groups in total. The fraction of sp³-hybridized carbons (Fsp3) is 0.714. The van der Waals surface area contributed by atoms with E-state index in [1.165, 1.54) is 128 Å². The Labute approximate surface area is 176 Å². The maximum absolute atomic E-state index is 2.45. The largest absolute Gasteiger partial charge is 0.0845 e. The molecule has 0 aromatic rings. The second-order valence-corrected chi connectivity index (χ2v) is 8.97. The summed E-state index contributed by atoms with van der Waals surface area (Å²) >= 11 is 0. The van der Waals surface area contributed by atoms with E-state index in [1.807, 2.05) is 0 Å². The molecule has 0 aromatic heterocycles. The monoisotopic (exact) mass is 382 g/mol. The van der Waals surface area contributed by atoms with Crippen LogP contribution < -0.4 is 0 Å². The van der Waals surface area contributed by atoms with Crippen LogP contribution >= 0.6 is 0 Å². The van der Waals surface area contributed by atoms with Crippen LogP contribution in [0.3, 0.4) is 0 Å². The van der Waals surface area contributed by atoms with Crippen LogP contribution in [0.2, 0.25) is 0 Å². The van der Waals surface area contributed by atoms with Crippen LogP contribution in [0.15, 0.2) is 47.6 Å². The van der Waals surface area contributed by atoms with Gasteiger partial charge in [-0.3, -0.25) is 0 Å². The first-order valence-electron chi connectivity index (χ1n) is 12.7. The highest BCUT2D eigenvalue weighted by atomic mass is 14.1. The summed E-state index contributed by atoms with van der Waals surface area (Å²) in [6.07, 6.45) is 42.1. The maximum atomic E-state index is 2.45. The molecule has 0 saturated carbocycles. The van der Waals surface area contributed by atoms with E-state index in [2.05, 4.69) is 36.5 Å². The highest BCUT2D eigenvalue weighted by Crippen LogP contribution is 2.25. The zero-order valence-electron chi connectivity index (χ0n) is 18.6. The average molecular weight is 383 g/mol. The van der Waals surface area contributed by atoms with Gasteiger partial charge in [0.25, 0.3) is 0 Å². The maximum Gasteiger partial charge on any atom is -0.0276 e. The molecule has 0 saturated heterocycles. The van der Waals surface area contributed by atoms with Crippen LogP contribution in [-0.4, -0.2) is 0 Å². The third-order valence-corrected chi connectivity index (χ3v) is 6.41. The summed E-state index contributed by atoms with van der Waals surface area (Å²) in [6.45, 7) is 0. The molecule has 0 heteroatoms. The molecule has 2 aliphatic rings. The summed E-state index contributed by atoms with van der Waals surface area (Å²) in [5, 5.41) is 0. The second kappa shape index (κ2) is 16.9. The zero-order valence-corrected chi connectivity index (χ0v) is 18.6. The van der Waals surface area contributed by atoms with Gasteiger partial charge in [0.05, 0.1) is 0 Å². The number of allylic oxidation sites excluding steroid dienone is 8. The van der Waals surface area contributed by atoms with Crippen molar-refractivity contribution in [2.45, 2.75) is 128 Å². The molecule has 28 heavy (non-hydrogen) atoms. The molecule has 0 spiro atoms. The molecule has 0 aliphatic heterocycles. The van der Waals surface area contributed by atoms with E-state index < -0.39 is 0 Å². The number of rotatable bonds is 1. The van der Waals surface area contributed by atoms with Gasteiger partial charge < -0.3 is 0 Å². The van der Waals surface area contributed by atoms with Crippen molar-refractivity contribution in [2.75, 3.05) is 0 Å². The van der Waals surface area contributed by atoms with Crippen LogP contribution in [0.25, 0.3) is 0 Å². The molecule has 0 heterocycles. The van der Waals surface area contributed by atoms with Crippen molar-refractivity contribution in [1.29, 1.82) is 0 Å². The van der Waals surface area contributed by atoms with Crippen molar-refractivity contribution in [3.05, 3.63) is 47.6 Å². The van der Waals surface area contributed by atoms with E-state index in [-0.39, 0.29) is 0 Å². The van der Waals surface area contributed by atoms with E-state index >= 15 is 0 Å². The molecule has 0 amide bonds. The Morgan fingerprint density at radius 1 is 0.357 bits per heavy atom. The minimum Gasteiger partial charge on any atom is -0.0845 e. The van der Waals surface area contributed by atoms with Crippen molar-refractivity contribution < 1.29 is 0 Å². The van der Waals surface area contributed by atoms with Gasteiger partial charge >= 0.3 is 0 Å². The molecular formula is C28H46. The smallest absolute Gasteiger partial charge is 0.0276 e. The fourth-order valence-corrected chi connectivity index (χ4v) is 4.54. The average Bonchev–Trinajstić information content (AvgIpc) is 2.71. The van der Waals surface area contributed by atoms with E-state index in [4.69, 9.17) is 0 Å². The van der Waals surface area contributed by atoms with Crippen LogP contribution in [0.1, 0.15) is 128 Å². The first kappa shape index (κ1) is 23.2. The van der Waals surface area contributed by atoms with E-state index in [1.54, 1.807) is 11.1 Å². The minimum absolute atomic E-state index is 1.25. The van der Waals surface area contributed by atoms with Gasteiger partial charge in [-0.2, -0.15) is 0 Å². The van der Waals surface area contributed by atoms with E-state index in [0.29, 0.717) is 0 Å². The van der Waals surface area contributed by atoms with Crippen LogP contribution in [0, 0.1) is 0 Å². The molecule has 2 rings (SSSR count).